The highest BCUT2D eigenvalue weighted by Crippen LogP contribution is 2.60. The van der Waals surface area contributed by atoms with Crippen molar-refractivity contribution >= 4 is 157 Å². The number of hydrogen-bond acceptors (Lipinski definition) is 2. The summed E-state index contributed by atoms with van der Waals surface area (Å²) >= 11 is 0. The number of aromatic nitrogens is 7. The van der Waals surface area contributed by atoms with Gasteiger partial charge in [-0.2, -0.15) is 0 Å². The Morgan fingerprint density at radius 1 is 0.171 bits per heavy atom. The van der Waals surface area contributed by atoms with Crippen molar-refractivity contribution in [3.8, 4) is 135 Å². The van der Waals surface area contributed by atoms with Gasteiger partial charge in [-0.1, -0.05) is 322 Å². The van der Waals surface area contributed by atoms with Crippen molar-refractivity contribution in [2.75, 3.05) is 0 Å². The minimum Gasteiger partial charge on any atom is -0.309 e. The molecule has 0 aliphatic heterocycles. The van der Waals surface area contributed by atoms with E-state index in [4.69, 9.17) is 9.97 Å². The van der Waals surface area contributed by atoms with E-state index in [2.05, 4.69) is 429 Å². The van der Waals surface area contributed by atoms with Gasteiger partial charge in [0, 0.05) is 127 Å². The fourth-order valence-corrected chi connectivity index (χ4v) is 23.7. The van der Waals surface area contributed by atoms with E-state index < -0.39 is 0 Å². The first-order valence-corrected chi connectivity index (χ1v) is 44.6. The SMILES string of the molecule is c1cc2c3c(cccc3c1)-c1c-2c2ccccc2n1-c1ccc(-n2c3c(c4ccccc42)-c2cccc4cccc-3c24)cc1.c1cc2c3c(cccc3c1)-c1c-2c2ccccc2n1-c1ccc2c(c1)c1cccc3c4ccccc4n2c31.c1ccc(-c2nc3ccc(-n4c5c(c6ccccc64)-c4cc6cccc7ccc8ccc-5c4c8c76)cc3nc2-c2ccccc2)cc1. The van der Waals surface area contributed by atoms with Crippen molar-refractivity contribution in [3.05, 3.63) is 419 Å². The Labute approximate surface area is 738 Å². The van der Waals surface area contributed by atoms with Crippen molar-refractivity contribution in [3.63, 3.8) is 0 Å². The van der Waals surface area contributed by atoms with E-state index in [0.29, 0.717) is 0 Å². The molecule has 0 spiro atoms. The summed E-state index contributed by atoms with van der Waals surface area (Å²) in [5.41, 5.74) is 40.1. The molecule has 4 aliphatic carbocycles. The molecule has 32 rings (SSSR count). The van der Waals surface area contributed by atoms with E-state index in [1.807, 2.05) is 12.1 Å². The van der Waals surface area contributed by atoms with Crippen LogP contribution >= 0.6 is 0 Å². The number of fused-ring (bicyclic) bond motifs is 27. The molecule has 7 nitrogen and oxygen atoms in total. The van der Waals surface area contributed by atoms with Crippen LogP contribution in [0.2, 0.25) is 0 Å². The van der Waals surface area contributed by atoms with Gasteiger partial charge in [-0.05, 0) is 179 Å². The Kier molecular flexibility index (Phi) is 13.8. The molecule has 0 bridgehead atoms. The first-order chi connectivity index (χ1) is 64.1. The molecule has 0 unspecified atom stereocenters. The van der Waals surface area contributed by atoms with E-state index >= 15 is 0 Å². The molecule has 4 aliphatic rings. The molecule has 0 fully saturated rings. The van der Waals surface area contributed by atoms with Crippen molar-refractivity contribution in [2.45, 2.75) is 0 Å². The lowest BCUT2D eigenvalue weighted by atomic mass is 9.90. The fourth-order valence-electron chi connectivity index (χ4n) is 23.7. The van der Waals surface area contributed by atoms with E-state index in [1.165, 1.54) is 253 Å². The van der Waals surface area contributed by atoms with E-state index in [-0.39, 0.29) is 0 Å². The maximum atomic E-state index is 5.33. The lowest BCUT2D eigenvalue weighted by molar-refractivity contribution is 1.11. The summed E-state index contributed by atoms with van der Waals surface area (Å²) in [7, 11) is 0. The Morgan fingerprint density at radius 3 is 1.00 bits per heavy atom. The van der Waals surface area contributed by atoms with Crippen LogP contribution < -0.4 is 0 Å². The smallest absolute Gasteiger partial charge is 0.0973 e. The minimum absolute atomic E-state index is 0.874. The number of nitrogens with zero attached hydrogens (tertiary/aromatic N) is 7. The van der Waals surface area contributed by atoms with Crippen molar-refractivity contribution in [1.82, 2.24) is 32.6 Å². The molecule has 7 heterocycles. The Hall–Kier alpha value is -17.3. The molecule has 7 heteroatoms. The molecule has 0 N–H and O–H groups in total. The van der Waals surface area contributed by atoms with Gasteiger partial charge in [0.15, 0.2) is 0 Å². The van der Waals surface area contributed by atoms with E-state index in [1.54, 1.807) is 0 Å². The van der Waals surface area contributed by atoms with Crippen LogP contribution in [-0.2, 0) is 0 Å². The molecule has 0 amide bonds. The number of para-hydroxylation sites is 6. The fraction of sp³-hybridized carbons (Fsp3) is 0. The Balaban J connectivity index is 0.0000000941. The van der Waals surface area contributed by atoms with Gasteiger partial charge in [0.2, 0.25) is 0 Å². The molecule has 0 atom stereocenters. The summed E-state index contributed by atoms with van der Waals surface area (Å²) in [5, 5.41) is 26.4. The van der Waals surface area contributed by atoms with Crippen LogP contribution in [0.1, 0.15) is 0 Å². The molecule has 0 radical (unpaired) electrons. The van der Waals surface area contributed by atoms with Gasteiger partial charge in [0.1, 0.15) is 0 Å². The first-order valence-electron chi connectivity index (χ1n) is 44.6. The maximum Gasteiger partial charge on any atom is 0.0973 e. The van der Waals surface area contributed by atoms with Crippen LogP contribution in [0.15, 0.2) is 419 Å². The quantitative estimate of drug-likeness (QED) is 0.156. The maximum absolute atomic E-state index is 5.33. The second-order valence-electron chi connectivity index (χ2n) is 35.2. The third kappa shape index (κ3) is 9.27. The van der Waals surface area contributed by atoms with Crippen LogP contribution in [-0.4, -0.2) is 32.6 Å². The highest BCUT2D eigenvalue weighted by atomic mass is 15.0. The molecular weight excluding hydrogens is 1560 g/mol. The van der Waals surface area contributed by atoms with E-state index in [9.17, 15) is 0 Å². The number of rotatable bonds is 6. The van der Waals surface area contributed by atoms with Crippen LogP contribution in [0.3, 0.4) is 0 Å². The first kappa shape index (κ1) is 69.2. The van der Waals surface area contributed by atoms with Crippen LogP contribution in [0, 0.1) is 0 Å². The summed E-state index contributed by atoms with van der Waals surface area (Å²) < 4.78 is 12.3. The number of benzene rings is 21. The Bertz CT molecular complexity index is 9610. The normalized spacial score (nSPS) is 12.5. The molecule has 0 saturated heterocycles. The highest BCUT2D eigenvalue weighted by molar-refractivity contribution is 6.35. The minimum atomic E-state index is 0.874. The van der Waals surface area contributed by atoms with Gasteiger partial charge in [0.05, 0.1) is 83.8 Å². The monoisotopic (exact) mass is 1630 g/mol. The molecule has 129 heavy (non-hydrogen) atoms. The molecule has 7 aromatic heterocycles. The topological polar surface area (TPSA) is 49.9 Å². The summed E-state index contributed by atoms with van der Waals surface area (Å²) in [6, 6.07) is 153. The largest absolute Gasteiger partial charge is 0.309 e. The summed E-state index contributed by atoms with van der Waals surface area (Å²) in [4.78, 5) is 10.5. The molecular formula is C122H69N7. The average Bonchev–Trinajstić information content (AvgIpc) is 1.53. The highest BCUT2D eigenvalue weighted by Gasteiger charge is 2.36. The molecule has 28 aromatic rings. The van der Waals surface area contributed by atoms with Crippen molar-refractivity contribution in [1.29, 1.82) is 0 Å². The third-order valence-corrected chi connectivity index (χ3v) is 28.8. The van der Waals surface area contributed by atoms with Gasteiger partial charge in [-0.3, -0.25) is 0 Å². The van der Waals surface area contributed by atoms with E-state index in [0.717, 1.165) is 39.2 Å². The van der Waals surface area contributed by atoms with Gasteiger partial charge < -0.3 is 22.7 Å². The lowest BCUT2D eigenvalue weighted by Crippen LogP contribution is -1.99. The second kappa shape index (κ2) is 25.7. The standard InChI is InChI=1S/C44H25N3.C42H24N2.C36H20N2/c1-3-10-28(11-4-1)42-43(29-12-5-2-6-13-29)46-36-25-31(21-23-35(36)45-42)47-37-17-8-7-16-32(37)41-34-24-30-15-9-14-26-18-19-27-20-22-33(44(41)47)40(34)39(27)38(26)30;1-3-19-35-29(13-1)39-31-15-5-9-25-11-7-17-33(37(25)31)41(39)43(35)27-21-23-28(24-22-27)44-36-20-4-2-14-30(36)40-32-16-6-10-26-12-8-18-34(38(26)32)42(40)44;1-3-16-30-23(10-1)24-12-7-13-25-29-20-22(18-19-32(29)38(30)35(24)25)37-31-17-4-2-11-26(31)34-27-14-5-8-21-9-6-15-28(33(21)27)36(34)37/h1-25H;1-24H;1-20H. The number of hydrogen-bond donors (Lipinski definition) is 0. The summed E-state index contributed by atoms with van der Waals surface area (Å²) in [5.74, 6) is 0. The van der Waals surface area contributed by atoms with Crippen LogP contribution in [0.25, 0.3) is 292 Å². The van der Waals surface area contributed by atoms with Crippen LogP contribution in [0.5, 0.6) is 0 Å². The predicted octanol–water partition coefficient (Wildman–Crippen LogP) is 32.2. The summed E-state index contributed by atoms with van der Waals surface area (Å²) in [6.07, 6.45) is 0. The molecule has 0 saturated carbocycles. The lowest BCUT2D eigenvalue weighted by Gasteiger charge is -2.15. The van der Waals surface area contributed by atoms with Crippen molar-refractivity contribution < 1.29 is 0 Å². The van der Waals surface area contributed by atoms with Gasteiger partial charge in [0.25, 0.3) is 0 Å². The van der Waals surface area contributed by atoms with Gasteiger partial charge >= 0.3 is 0 Å². The predicted molar refractivity (Wildman–Crippen MR) is 539 cm³/mol. The van der Waals surface area contributed by atoms with Crippen molar-refractivity contribution in [2.24, 2.45) is 0 Å². The van der Waals surface area contributed by atoms with Crippen LogP contribution in [0.4, 0.5) is 0 Å². The van der Waals surface area contributed by atoms with Gasteiger partial charge in [-0.15, -0.1) is 0 Å². The third-order valence-electron chi connectivity index (χ3n) is 28.8. The molecule has 592 valence electrons. The zero-order valence-electron chi connectivity index (χ0n) is 69.5. The van der Waals surface area contributed by atoms with Gasteiger partial charge in [-0.25, -0.2) is 9.97 Å². The summed E-state index contributed by atoms with van der Waals surface area (Å²) in [6.45, 7) is 0. The zero-order valence-corrected chi connectivity index (χ0v) is 69.5. The second-order valence-corrected chi connectivity index (χ2v) is 35.2. The Morgan fingerprint density at radius 2 is 0.504 bits per heavy atom. The molecule has 21 aromatic carbocycles. The zero-order chi connectivity index (χ0) is 83.7. The average molecular weight is 1630 g/mol.